The topological polar surface area (TPSA) is 12.0 Å². The van der Waals surface area contributed by atoms with Crippen LogP contribution in [0.1, 0.15) is 0 Å². The molecule has 0 unspecified atom stereocenters. The Morgan fingerprint density at radius 2 is 1.67 bits per heavy atom. The third-order valence-electron chi connectivity index (χ3n) is 1.06. The molecule has 0 aromatic heterocycles. The largest absolute Gasteiger partial charge is 0.388 e. The first-order valence-electron chi connectivity index (χ1n) is 2.66. The number of rotatable bonds is 1. The summed E-state index contributed by atoms with van der Waals surface area (Å²) in [6.45, 7) is 0. The first kappa shape index (κ1) is 9.02. The normalized spacial score (nSPS) is 7.67. The average molecular weight is 130 g/mol. The smallest absolute Gasteiger partial charge is 0.0337 e. The number of hydrogen-bond acceptors (Lipinski definition) is 1. The molecule has 0 spiro atoms. The van der Waals surface area contributed by atoms with Gasteiger partial charge in [0, 0.05) is 42.3 Å². The maximum Gasteiger partial charge on any atom is 0.0337 e. The van der Waals surface area contributed by atoms with E-state index in [0.717, 1.165) is 5.69 Å². The van der Waals surface area contributed by atoms with Gasteiger partial charge in [0.25, 0.3) is 0 Å². The van der Waals surface area contributed by atoms with Crippen LogP contribution in [-0.2, 0) is 0 Å². The van der Waals surface area contributed by atoms with E-state index in [1.807, 2.05) is 37.4 Å². The molecule has 0 atom stereocenters. The average Bonchev–Trinajstić information content (AvgIpc) is 1.90. The minimum Gasteiger partial charge on any atom is -0.388 e. The van der Waals surface area contributed by atoms with Crippen molar-refractivity contribution in [1.29, 1.82) is 0 Å². The Bertz CT molecular complexity index is 150. The van der Waals surface area contributed by atoms with Gasteiger partial charge in [0.1, 0.15) is 0 Å². The van der Waals surface area contributed by atoms with Crippen LogP contribution in [0, 0.1) is 0 Å². The van der Waals surface area contributed by atoms with Crippen molar-refractivity contribution in [2.45, 2.75) is 0 Å². The Labute approximate surface area is 77.8 Å². The van der Waals surface area contributed by atoms with E-state index in [0.29, 0.717) is 0 Å². The van der Waals surface area contributed by atoms with Gasteiger partial charge >= 0.3 is 0 Å². The molecule has 0 saturated carbocycles. The van der Waals surface area contributed by atoms with E-state index in [2.05, 4.69) is 5.32 Å². The Hall–Kier alpha value is 0.0200. The molecular formula is C7H9NNa. The number of anilines is 1. The van der Waals surface area contributed by atoms with Crippen LogP contribution in [0.25, 0.3) is 0 Å². The van der Waals surface area contributed by atoms with Crippen LogP contribution in [0.2, 0.25) is 0 Å². The first-order valence-corrected chi connectivity index (χ1v) is 2.66. The van der Waals surface area contributed by atoms with Crippen LogP contribution in [0.5, 0.6) is 0 Å². The van der Waals surface area contributed by atoms with Gasteiger partial charge in [-0.2, -0.15) is 0 Å². The summed E-state index contributed by atoms with van der Waals surface area (Å²) < 4.78 is 0. The van der Waals surface area contributed by atoms with Crippen molar-refractivity contribution in [3.05, 3.63) is 30.3 Å². The fraction of sp³-hybridized carbons (Fsp3) is 0.143. The van der Waals surface area contributed by atoms with E-state index in [1.54, 1.807) is 0 Å². The van der Waals surface area contributed by atoms with Crippen molar-refractivity contribution in [1.82, 2.24) is 0 Å². The van der Waals surface area contributed by atoms with Crippen LogP contribution < -0.4 is 5.32 Å². The second-order valence-corrected chi connectivity index (χ2v) is 1.62. The molecule has 1 N–H and O–H groups in total. The maximum atomic E-state index is 3.03. The SMILES string of the molecule is CNc1ccccc1.[Na]. The zero-order chi connectivity index (χ0) is 5.82. The van der Waals surface area contributed by atoms with Crippen molar-refractivity contribution >= 4 is 35.2 Å². The molecule has 9 heavy (non-hydrogen) atoms. The van der Waals surface area contributed by atoms with E-state index < -0.39 is 0 Å². The van der Waals surface area contributed by atoms with Gasteiger partial charge in [-0.05, 0) is 12.1 Å². The monoisotopic (exact) mass is 130 g/mol. The standard InChI is InChI=1S/C7H9N.Na/c1-8-7-5-3-2-4-6-7;/h2-6,8H,1H3;. The molecule has 1 radical (unpaired) electrons. The van der Waals surface area contributed by atoms with Crippen LogP contribution >= 0.6 is 0 Å². The minimum atomic E-state index is 0. The van der Waals surface area contributed by atoms with Gasteiger partial charge in [-0.3, -0.25) is 0 Å². The van der Waals surface area contributed by atoms with E-state index in [4.69, 9.17) is 0 Å². The molecule has 0 saturated heterocycles. The van der Waals surface area contributed by atoms with Crippen LogP contribution in [-0.4, -0.2) is 36.6 Å². The molecular weight excluding hydrogens is 121 g/mol. The molecule has 1 rings (SSSR count). The zero-order valence-electron chi connectivity index (χ0n) is 5.89. The molecule has 0 bridgehead atoms. The Morgan fingerprint density at radius 1 is 1.11 bits per heavy atom. The van der Waals surface area contributed by atoms with E-state index in [1.165, 1.54) is 0 Å². The second kappa shape index (κ2) is 4.86. The summed E-state index contributed by atoms with van der Waals surface area (Å²) in [7, 11) is 1.91. The summed E-state index contributed by atoms with van der Waals surface area (Å²) in [4.78, 5) is 0. The summed E-state index contributed by atoms with van der Waals surface area (Å²) in [6, 6.07) is 10.1. The van der Waals surface area contributed by atoms with Gasteiger partial charge in [-0.1, -0.05) is 18.2 Å². The van der Waals surface area contributed by atoms with Crippen molar-refractivity contribution < 1.29 is 0 Å². The predicted molar refractivity (Wildman–Crippen MR) is 41.7 cm³/mol. The van der Waals surface area contributed by atoms with Crippen LogP contribution in [0.3, 0.4) is 0 Å². The van der Waals surface area contributed by atoms with Gasteiger partial charge in [-0.25, -0.2) is 0 Å². The van der Waals surface area contributed by atoms with Crippen LogP contribution in [0.4, 0.5) is 5.69 Å². The molecule has 0 amide bonds. The molecule has 0 aliphatic carbocycles. The molecule has 43 valence electrons. The van der Waals surface area contributed by atoms with Gasteiger partial charge in [0.2, 0.25) is 0 Å². The molecule has 1 aromatic rings. The molecule has 1 nitrogen and oxygen atoms in total. The van der Waals surface area contributed by atoms with Gasteiger partial charge < -0.3 is 5.32 Å². The summed E-state index contributed by atoms with van der Waals surface area (Å²) >= 11 is 0. The molecule has 0 fully saturated rings. The quantitative estimate of drug-likeness (QED) is 0.566. The molecule has 1 aromatic carbocycles. The molecule has 0 aliphatic heterocycles. The van der Waals surface area contributed by atoms with Gasteiger partial charge in [0.05, 0.1) is 0 Å². The van der Waals surface area contributed by atoms with Crippen molar-refractivity contribution in [3.63, 3.8) is 0 Å². The Morgan fingerprint density at radius 3 is 2.00 bits per heavy atom. The summed E-state index contributed by atoms with van der Waals surface area (Å²) in [5, 5.41) is 3.03. The summed E-state index contributed by atoms with van der Waals surface area (Å²) in [5.74, 6) is 0. The van der Waals surface area contributed by atoms with E-state index in [-0.39, 0.29) is 29.6 Å². The first-order chi connectivity index (χ1) is 3.93. The third-order valence-corrected chi connectivity index (χ3v) is 1.06. The van der Waals surface area contributed by atoms with E-state index in [9.17, 15) is 0 Å². The Balaban J connectivity index is 0.000000640. The summed E-state index contributed by atoms with van der Waals surface area (Å²) in [6.07, 6.45) is 0. The molecule has 0 aliphatic rings. The fourth-order valence-corrected chi connectivity index (χ4v) is 0.605. The third kappa shape index (κ3) is 2.89. The fourth-order valence-electron chi connectivity index (χ4n) is 0.605. The number of para-hydroxylation sites is 1. The van der Waals surface area contributed by atoms with Crippen LogP contribution in [0.15, 0.2) is 30.3 Å². The van der Waals surface area contributed by atoms with Crippen molar-refractivity contribution in [2.75, 3.05) is 12.4 Å². The second-order valence-electron chi connectivity index (χ2n) is 1.62. The van der Waals surface area contributed by atoms with Crippen molar-refractivity contribution in [2.24, 2.45) is 0 Å². The number of benzene rings is 1. The van der Waals surface area contributed by atoms with Gasteiger partial charge in [0.15, 0.2) is 0 Å². The van der Waals surface area contributed by atoms with Gasteiger partial charge in [-0.15, -0.1) is 0 Å². The number of nitrogens with one attached hydrogen (secondary N) is 1. The minimum absolute atomic E-state index is 0. The predicted octanol–water partition coefficient (Wildman–Crippen LogP) is 1.35. The molecule has 2 heteroatoms. The molecule has 0 heterocycles. The number of hydrogen-bond donors (Lipinski definition) is 1. The maximum absolute atomic E-state index is 3.03. The van der Waals surface area contributed by atoms with E-state index >= 15 is 0 Å². The summed E-state index contributed by atoms with van der Waals surface area (Å²) in [5.41, 5.74) is 1.16. The zero-order valence-corrected chi connectivity index (χ0v) is 7.89. The Kier molecular flexibility index (Phi) is 4.87. The van der Waals surface area contributed by atoms with Crippen molar-refractivity contribution in [3.8, 4) is 0 Å².